The summed E-state index contributed by atoms with van der Waals surface area (Å²) in [5.41, 5.74) is 8.20. The van der Waals surface area contributed by atoms with E-state index in [4.69, 9.17) is 15.7 Å². The van der Waals surface area contributed by atoms with Gasteiger partial charge in [-0.2, -0.15) is 5.26 Å². The highest BCUT2D eigenvalue weighted by atomic mass is 16.5. The molecular weight excluding hydrogens is 304 g/mol. The van der Waals surface area contributed by atoms with E-state index in [-0.39, 0.29) is 0 Å². The molecular formula is C17H22N6O. The van der Waals surface area contributed by atoms with E-state index in [2.05, 4.69) is 26.7 Å². The zero-order valence-electron chi connectivity index (χ0n) is 13.7. The number of methoxy groups -OCH3 is 1. The lowest BCUT2D eigenvalue weighted by Gasteiger charge is -2.10. The second kappa shape index (κ2) is 9.33. The maximum absolute atomic E-state index is 8.91. The molecule has 0 saturated heterocycles. The number of nitriles is 1. The number of rotatable bonds is 9. The normalized spacial score (nSPS) is 10.2. The van der Waals surface area contributed by atoms with Crippen LogP contribution >= 0.6 is 0 Å². The van der Waals surface area contributed by atoms with Gasteiger partial charge in [0.15, 0.2) is 0 Å². The number of ether oxygens (including phenoxy) is 1. The molecule has 0 spiro atoms. The molecule has 1 heterocycles. The highest BCUT2D eigenvalue weighted by Gasteiger charge is 2.04. The minimum absolute atomic E-state index is 0.464. The average molecular weight is 326 g/mol. The van der Waals surface area contributed by atoms with E-state index in [1.54, 1.807) is 19.4 Å². The van der Waals surface area contributed by atoms with Crippen LogP contribution < -0.4 is 21.1 Å². The Labute approximate surface area is 141 Å². The standard InChI is InChI=1S/C17H22N6O/c1-24-16-9-13(10-18)3-4-14(16)5-8-20-6-2-7-22-15-11-21-12-23-17(15)19/h3-4,9,11-12,20,22H,2,5-8H2,1H3,(H2,19,21,23). The first-order chi connectivity index (χ1) is 11.7. The van der Waals surface area contributed by atoms with E-state index in [1.807, 2.05) is 12.1 Å². The van der Waals surface area contributed by atoms with Crippen molar-refractivity contribution in [2.24, 2.45) is 0 Å². The molecule has 0 unspecified atom stereocenters. The van der Waals surface area contributed by atoms with Gasteiger partial charge in [0.05, 0.1) is 30.6 Å². The summed E-state index contributed by atoms with van der Waals surface area (Å²) in [6, 6.07) is 7.64. The Kier molecular flexibility index (Phi) is 6.80. The number of hydrogen-bond acceptors (Lipinski definition) is 7. The van der Waals surface area contributed by atoms with Crippen LogP contribution in [-0.2, 0) is 6.42 Å². The number of nitrogen functional groups attached to an aromatic ring is 1. The fourth-order valence-electron chi connectivity index (χ4n) is 2.28. The quantitative estimate of drug-likeness (QED) is 0.600. The molecule has 0 radical (unpaired) electrons. The minimum atomic E-state index is 0.464. The van der Waals surface area contributed by atoms with Crippen molar-refractivity contribution in [3.05, 3.63) is 41.9 Å². The third-order valence-electron chi connectivity index (χ3n) is 3.58. The number of nitrogens with one attached hydrogen (secondary N) is 2. The topological polar surface area (TPSA) is 109 Å². The van der Waals surface area contributed by atoms with Crippen LogP contribution in [0.3, 0.4) is 0 Å². The van der Waals surface area contributed by atoms with Gasteiger partial charge in [-0.15, -0.1) is 0 Å². The van der Waals surface area contributed by atoms with Gasteiger partial charge in [0.2, 0.25) is 0 Å². The van der Waals surface area contributed by atoms with Gasteiger partial charge < -0.3 is 21.1 Å². The van der Waals surface area contributed by atoms with Gasteiger partial charge >= 0.3 is 0 Å². The monoisotopic (exact) mass is 326 g/mol. The number of nitrogens with zero attached hydrogens (tertiary/aromatic N) is 3. The van der Waals surface area contributed by atoms with E-state index >= 15 is 0 Å². The van der Waals surface area contributed by atoms with Crippen molar-refractivity contribution in [2.75, 3.05) is 37.8 Å². The fourth-order valence-corrected chi connectivity index (χ4v) is 2.28. The summed E-state index contributed by atoms with van der Waals surface area (Å²) in [5, 5.41) is 15.5. The van der Waals surface area contributed by atoms with Crippen molar-refractivity contribution in [1.82, 2.24) is 15.3 Å². The van der Waals surface area contributed by atoms with Gasteiger partial charge in [0.1, 0.15) is 17.9 Å². The molecule has 0 atom stereocenters. The number of hydrogen-bond donors (Lipinski definition) is 3. The summed E-state index contributed by atoms with van der Waals surface area (Å²) < 4.78 is 5.33. The molecule has 0 saturated carbocycles. The van der Waals surface area contributed by atoms with Crippen molar-refractivity contribution >= 4 is 11.5 Å². The van der Waals surface area contributed by atoms with E-state index in [9.17, 15) is 0 Å². The van der Waals surface area contributed by atoms with Crippen molar-refractivity contribution in [1.29, 1.82) is 5.26 Å². The summed E-state index contributed by atoms with van der Waals surface area (Å²) >= 11 is 0. The van der Waals surface area contributed by atoms with Gasteiger partial charge in [-0.25, -0.2) is 9.97 Å². The highest BCUT2D eigenvalue weighted by Crippen LogP contribution is 2.20. The Hall–Kier alpha value is -2.85. The smallest absolute Gasteiger partial charge is 0.150 e. The third kappa shape index (κ3) is 5.11. The largest absolute Gasteiger partial charge is 0.496 e. The molecule has 0 aliphatic carbocycles. The molecule has 7 heteroatoms. The van der Waals surface area contributed by atoms with Crippen molar-refractivity contribution < 1.29 is 4.74 Å². The van der Waals surface area contributed by atoms with Crippen molar-refractivity contribution in [3.63, 3.8) is 0 Å². The Morgan fingerprint density at radius 1 is 1.29 bits per heavy atom. The fraction of sp³-hybridized carbons (Fsp3) is 0.353. The maximum atomic E-state index is 8.91. The number of anilines is 2. The van der Waals surface area contributed by atoms with Gasteiger partial charge in [-0.1, -0.05) is 6.07 Å². The first kappa shape index (κ1) is 17.5. The van der Waals surface area contributed by atoms with Crippen LogP contribution in [0, 0.1) is 11.3 Å². The van der Waals surface area contributed by atoms with Crippen LogP contribution in [0.25, 0.3) is 0 Å². The molecule has 0 amide bonds. The second-order valence-electron chi connectivity index (χ2n) is 5.24. The predicted octanol–water partition coefficient (Wildman–Crippen LogP) is 1.57. The molecule has 1 aromatic carbocycles. The Morgan fingerprint density at radius 3 is 2.92 bits per heavy atom. The average Bonchev–Trinajstić information content (AvgIpc) is 2.62. The van der Waals surface area contributed by atoms with Gasteiger partial charge in [0.25, 0.3) is 0 Å². The number of benzene rings is 1. The summed E-state index contributed by atoms with van der Waals surface area (Å²) in [5.74, 6) is 1.22. The highest BCUT2D eigenvalue weighted by molar-refractivity contribution is 5.59. The van der Waals surface area contributed by atoms with Crippen LogP contribution in [0.2, 0.25) is 0 Å². The summed E-state index contributed by atoms with van der Waals surface area (Å²) in [7, 11) is 1.62. The second-order valence-corrected chi connectivity index (χ2v) is 5.24. The molecule has 1 aromatic heterocycles. The number of aromatic nitrogens is 2. The van der Waals surface area contributed by atoms with Crippen LogP contribution in [0.15, 0.2) is 30.7 Å². The zero-order valence-corrected chi connectivity index (χ0v) is 13.7. The summed E-state index contributed by atoms with van der Waals surface area (Å²) in [4.78, 5) is 7.86. The molecule has 126 valence electrons. The van der Waals surface area contributed by atoms with E-state index in [1.165, 1.54) is 6.33 Å². The lowest BCUT2D eigenvalue weighted by atomic mass is 10.1. The first-order valence-electron chi connectivity index (χ1n) is 7.81. The van der Waals surface area contributed by atoms with E-state index < -0.39 is 0 Å². The molecule has 0 aliphatic heterocycles. The summed E-state index contributed by atoms with van der Waals surface area (Å²) in [6.45, 7) is 2.53. The molecule has 0 aliphatic rings. The molecule has 0 fully saturated rings. The third-order valence-corrected chi connectivity index (χ3v) is 3.58. The van der Waals surface area contributed by atoms with Crippen LogP contribution in [0.4, 0.5) is 11.5 Å². The first-order valence-corrected chi connectivity index (χ1v) is 7.81. The molecule has 4 N–H and O–H groups in total. The molecule has 24 heavy (non-hydrogen) atoms. The molecule has 0 bridgehead atoms. The van der Waals surface area contributed by atoms with Gasteiger partial charge in [-0.05, 0) is 43.6 Å². The number of nitrogens with two attached hydrogens (primary N) is 1. The Morgan fingerprint density at radius 2 is 2.17 bits per heavy atom. The van der Waals surface area contributed by atoms with Crippen LogP contribution in [0.5, 0.6) is 5.75 Å². The van der Waals surface area contributed by atoms with Crippen molar-refractivity contribution in [2.45, 2.75) is 12.8 Å². The Bertz CT molecular complexity index is 698. The maximum Gasteiger partial charge on any atom is 0.150 e. The molecule has 2 aromatic rings. The van der Waals surface area contributed by atoms with Crippen LogP contribution in [-0.4, -0.2) is 36.7 Å². The van der Waals surface area contributed by atoms with E-state index in [0.29, 0.717) is 11.4 Å². The minimum Gasteiger partial charge on any atom is -0.496 e. The Balaban J connectivity index is 1.65. The van der Waals surface area contributed by atoms with Crippen LogP contribution in [0.1, 0.15) is 17.5 Å². The van der Waals surface area contributed by atoms with E-state index in [0.717, 1.165) is 49.5 Å². The summed E-state index contributed by atoms with van der Waals surface area (Å²) in [6.07, 6.45) is 4.91. The van der Waals surface area contributed by atoms with Gasteiger partial charge in [-0.3, -0.25) is 0 Å². The molecule has 2 rings (SSSR count). The van der Waals surface area contributed by atoms with Crippen molar-refractivity contribution in [3.8, 4) is 11.8 Å². The van der Waals surface area contributed by atoms with Gasteiger partial charge in [0, 0.05) is 6.54 Å². The predicted molar refractivity (Wildman–Crippen MR) is 93.8 cm³/mol. The lowest BCUT2D eigenvalue weighted by Crippen LogP contribution is -2.21. The lowest BCUT2D eigenvalue weighted by molar-refractivity contribution is 0.409. The SMILES string of the molecule is COc1cc(C#N)ccc1CCNCCCNc1cncnc1N. The molecule has 7 nitrogen and oxygen atoms in total. The zero-order chi connectivity index (χ0) is 17.2.